The van der Waals surface area contributed by atoms with Crippen LogP contribution in [0.5, 0.6) is 0 Å². The summed E-state index contributed by atoms with van der Waals surface area (Å²) in [6.07, 6.45) is 4.59. The Hall–Kier alpha value is -0.880. The Morgan fingerprint density at radius 2 is 2.15 bits per heavy atom. The van der Waals surface area contributed by atoms with E-state index < -0.39 is 0 Å². The molecule has 6 heteroatoms. The lowest BCUT2D eigenvalue weighted by atomic mass is 10.0. The summed E-state index contributed by atoms with van der Waals surface area (Å²) < 4.78 is 1.97. The molecule has 1 atom stereocenters. The first-order chi connectivity index (χ1) is 9.51. The molecule has 0 fully saturated rings. The van der Waals surface area contributed by atoms with Gasteiger partial charge < -0.3 is 10.4 Å². The second-order valence-corrected chi connectivity index (χ2v) is 6.06. The van der Waals surface area contributed by atoms with Gasteiger partial charge in [-0.3, -0.25) is 4.79 Å². The minimum absolute atomic E-state index is 0.0371. The zero-order valence-corrected chi connectivity index (χ0v) is 14.0. The molecule has 1 unspecified atom stereocenters. The zero-order valence-electron chi connectivity index (χ0n) is 12.4. The van der Waals surface area contributed by atoms with Crippen molar-refractivity contribution in [1.82, 2.24) is 9.78 Å². The summed E-state index contributed by atoms with van der Waals surface area (Å²) in [6.45, 7) is 6.91. The molecule has 1 aromatic heterocycles. The third-order valence-corrected chi connectivity index (χ3v) is 4.01. The van der Waals surface area contributed by atoms with Crippen molar-refractivity contribution in [3.63, 3.8) is 0 Å². The van der Waals surface area contributed by atoms with Gasteiger partial charge in [0.05, 0.1) is 17.9 Å². The van der Waals surface area contributed by atoms with Crippen molar-refractivity contribution >= 4 is 21.6 Å². The van der Waals surface area contributed by atoms with Crippen LogP contribution in [-0.4, -0.2) is 28.0 Å². The topological polar surface area (TPSA) is 67.2 Å². The molecule has 0 aliphatic rings. The number of anilines is 1. The van der Waals surface area contributed by atoms with E-state index in [1.165, 1.54) is 4.68 Å². The quantitative estimate of drug-likeness (QED) is 0.760. The molecular weight excluding hydrogens is 322 g/mol. The third-order valence-electron chi connectivity index (χ3n) is 3.25. The molecule has 0 spiro atoms. The Morgan fingerprint density at radius 1 is 1.45 bits per heavy atom. The monoisotopic (exact) mass is 345 g/mol. The van der Waals surface area contributed by atoms with Crippen LogP contribution >= 0.6 is 15.9 Å². The Balaban J connectivity index is 2.78. The minimum Gasteiger partial charge on any atom is -0.396 e. The van der Waals surface area contributed by atoms with Gasteiger partial charge in [-0.05, 0) is 48.5 Å². The van der Waals surface area contributed by atoms with E-state index in [0.717, 1.165) is 25.8 Å². The summed E-state index contributed by atoms with van der Waals surface area (Å²) in [7, 11) is 0. The standard InChI is InChI=1S/C14H24BrN3O2/c1-4-5-11(6-7-19)8-16-12-9-17-18(10(2)3)14(20)13(12)15/h9-11,16,19H,4-8H2,1-3H3. The fourth-order valence-electron chi connectivity index (χ4n) is 2.13. The van der Waals surface area contributed by atoms with Crippen molar-refractivity contribution in [2.75, 3.05) is 18.5 Å². The molecule has 0 radical (unpaired) electrons. The minimum atomic E-state index is -0.126. The lowest BCUT2D eigenvalue weighted by Gasteiger charge is -2.17. The largest absolute Gasteiger partial charge is 0.396 e. The average molecular weight is 346 g/mol. The van der Waals surface area contributed by atoms with Gasteiger partial charge in [0, 0.05) is 13.2 Å². The lowest BCUT2D eigenvalue weighted by Crippen LogP contribution is -2.26. The highest BCUT2D eigenvalue weighted by Gasteiger charge is 2.12. The summed E-state index contributed by atoms with van der Waals surface area (Å²) in [5.74, 6) is 0.407. The first-order valence-electron chi connectivity index (χ1n) is 7.13. The molecule has 1 aromatic rings. The zero-order chi connectivity index (χ0) is 15.1. The molecule has 0 bridgehead atoms. The van der Waals surface area contributed by atoms with Crippen molar-refractivity contribution in [3.8, 4) is 0 Å². The second kappa shape index (κ2) is 8.42. The van der Waals surface area contributed by atoms with Crippen molar-refractivity contribution in [2.24, 2.45) is 5.92 Å². The first-order valence-corrected chi connectivity index (χ1v) is 7.92. The fourth-order valence-corrected chi connectivity index (χ4v) is 2.55. The summed E-state index contributed by atoms with van der Waals surface area (Å²) in [4.78, 5) is 12.1. The van der Waals surface area contributed by atoms with Crippen LogP contribution in [0.3, 0.4) is 0 Å². The van der Waals surface area contributed by atoms with Crippen molar-refractivity contribution in [3.05, 3.63) is 21.0 Å². The Bertz CT molecular complexity index is 468. The molecule has 1 rings (SSSR count). The number of hydrogen-bond acceptors (Lipinski definition) is 4. The van der Waals surface area contributed by atoms with E-state index >= 15 is 0 Å². The van der Waals surface area contributed by atoms with Gasteiger partial charge in [-0.1, -0.05) is 13.3 Å². The SMILES string of the molecule is CCCC(CCO)CNc1cnn(C(C)C)c(=O)c1Br. The Morgan fingerprint density at radius 3 is 2.70 bits per heavy atom. The maximum absolute atomic E-state index is 12.1. The smallest absolute Gasteiger partial charge is 0.283 e. The highest BCUT2D eigenvalue weighted by Crippen LogP contribution is 2.19. The molecule has 0 saturated carbocycles. The summed E-state index contributed by atoms with van der Waals surface area (Å²) in [5.41, 5.74) is 0.588. The molecule has 114 valence electrons. The maximum Gasteiger partial charge on any atom is 0.283 e. The van der Waals surface area contributed by atoms with Crippen LogP contribution in [0.25, 0.3) is 0 Å². The molecule has 0 aliphatic heterocycles. The first kappa shape index (κ1) is 17.2. The van der Waals surface area contributed by atoms with Crippen LogP contribution in [0.4, 0.5) is 5.69 Å². The van der Waals surface area contributed by atoms with Gasteiger partial charge in [0.25, 0.3) is 5.56 Å². The number of aliphatic hydroxyl groups excluding tert-OH is 1. The van der Waals surface area contributed by atoms with Crippen molar-refractivity contribution in [2.45, 2.75) is 46.1 Å². The Labute approximate surface area is 128 Å². The molecule has 20 heavy (non-hydrogen) atoms. The number of rotatable bonds is 8. The summed E-state index contributed by atoms with van der Waals surface area (Å²) in [6, 6.07) is 0.0371. The molecule has 1 heterocycles. The third kappa shape index (κ3) is 4.59. The molecule has 0 aliphatic carbocycles. The van der Waals surface area contributed by atoms with Gasteiger partial charge in [-0.25, -0.2) is 4.68 Å². The molecule has 5 nitrogen and oxygen atoms in total. The number of halogens is 1. The molecule has 0 aromatic carbocycles. The van der Waals surface area contributed by atoms with Crippen LogP contribution in [0.1, 0.15) is 46.1 Å². The molecule has 0 saturated heterocycles. The van der Waals surface area contributed by atoms with E-state index in [1.54, 1.807) is 6.20 Å². The average Bonchev–Trinajstić information content (AvgIpc) is 2.40. The second-order valence-electron chi connectivity index (χ2n) is 5.26. The van der Waals surface area contributed by atoms with E-state index in [-0.39, 0.29) is 18.2 Å². The number of aromatic nitrogens is 2. The molecular formula is C14H24BrN3O2. The van der Waals surface area contributed by atoms with Gasteiger partial charge in [0.1, 0.15) is 4.47 Å². The van der Waals surface area contributed by atoms with Crippen molar-refractivity contribution < 1.29 is 5.11 Å². The molecule has 2 N–H and O–H groups in total. The van der Waals surface area contributed by atoms with E-state index in [9.17, 15) is 4.79 Å². The van der Waals surface area contributed by atoms with Gasteiger partial charge in [-0.15, -0.1) is 0 Å². The number of hydrogen-bond donors (Lipinski definition) is 2. The van der Waals surface area contributed by atoms with Gasteiger partial charge in [0.2, 0.25) is 0 Å². The predicted octanol–water partition coefficient (Wildman–Crippen LogP) is 2.80. The van der Waals surface area contributed by atoms with Crippen LogP contribution < -0.4 is 10.9 Å². The van der Waals surface area contributed by atoms with Crippen LogP contribution in [0.2, 0.25) is 0 Å². The van der Waals surface area contributed by atoms with Crippen LogP contribution in [0.15, 0.2) is 15.5 Å². The maximum atomic E-state index is 12.1. The fraction of sp³-hybridized carbons (Fsp3) is 0.714. The van der Waals surface area contributed by atoms with E-state index in [0.29, 0.717) is 16.1 Å². The summed E-state index contributed by atoms with van der Waals surface area (Å²) in [5, 5.41) is 16.5. The number of nitrogens with zero attached hydrogens (tertiary/aromatic N) is 2. The lowest BCUT2D eigenvalue weighted by molar-refractivity contribution is 0.255. The Kier molecular flexibility index (Phi) is 7.23. The van der Waals surface area contributed by atoms with E-state index in [2.05, 4.69) is 33.3 Å². The van der Waals surface area contributed by atoms with Crippen molar-refractivity contribution in [1.29, 1.82) is 0 Å². The van der Waals surface area contributed by atoms with Gasteiger partial charge >= 0.3 is 0 Å². The number of aliphatic hydroxyl groups is 1. The molecule has 0 amide bonds. The van der Waals surface area contributed by atoms with Gasteiger partial charge in [0.15, 0.2) is 0 Å². The normalized spacial score (nSPS) is 12.7. The summed E-state index contributed by atoms with van der Waals surface area (Å²) >= 11 is 3.34. The van der Waals surface area contributed by atoms with Gasteiger partial charge in [-0.2, -0.15) is 5.10 Å². The van der Waals surface area contributed by atoms with Crippen LogP contribution in [-0.2, 0) is 0 Å². The van der Waals surface area contributed by atoms with E-state index in [1.807, 2.05) is 13.8 Å². The highest BCUT2D eigenvalue weighted by molar-refractivity contribution is 9.10. The van der Waals surface area contributed by atoms with E-state index in [4.69, 9.17) is 5.11 Å². The predicted molar refractivity (Wildman–Crippen MR) is 85.2 cm³/mol. The van der Waals surface area contributed by atoms with Crippen LogP contribution in [0, 0.1) is 5.92 Å². The number of nitrogens with one attached hydrogen (secondary N) is 1. The highest BCUT2D eigenvalue weighted by atomic mass is 79.9.